The Bertz CT molecular complexity index is 570. The molecule has 108 valence electrons. The van der Waals surface area contributed by atoms with Crippen LogP contribution in [0.2, 0.25) is 5.02 Å². The van der Waals surface area contributed by atoms with Gasteiger partial charge in [0.15, 0.2) is 0 Å². The van der Waals surface area contributed by atoms with Crippen LogP contribution in [0.3, 0.4) is 0 Å². The van der Waals surface area contributed by atoms with Crippen LogP contribution in [-0.2, 0) is 9.47 Å². The van der Waals surface area contributed by atoms with Gasteiger partial charge in [-0.05, 0) is 26.0 Å². The first kappa shape index (κ1) is 14.9. The van der Waals surface area contributed by atoms with E-state index in [0.717, 1.165) is 0 Å². The molecule has 1 heterocycles. The highest BCUT2D eigenvalue weighted by Crippen LogP contribution is 2.20. The highest BCUT2D eigenvalue weighted by molar-refractivity contribution is 6.30. The zero-order valence-electron chi connectivity index (χ0n) is 11.2. The monoisotopic (exact) mass is 299 g/mol. The molecule has 1 aromatic carbocycles. The molecule has 0 fully saturated rings. The fraction of sp³-hybridized carbons (Fsp3) is 0.385. The van der Waals surface area contributed by atoms with Crippen LogP contribution in [-0.4, -0.2) is 28.2 Å². The van der Waals surface area contributed by atoms with E-state index in [1.54, 1.807) is 12.3 Å². The highest BCUT2D eigenvalue weighted by atomic mass is 35.5. The molecule has 0 saturated carbocycles. The molecule has 0 radical (unpaired) electrons. The second-order valence-corrected chi connectivity index (χ2v) is 4.34. The van der Waals surface area contributed by atoms with E-state index in [-0.39, 0.29) is 5.02 Å². The predicted octanol–water partition coefficient (Wildman–Crippen LogP) is 3.13. The van der Waals surface area contributed by atoms with Crippen molar-refractivity contribution in [1.82, 2.24) is 15.0 Å². The number of benzene rings is 1. The highest BCUT2D eigenvalue weighted by Gasteiger charge is 2.16. The van der Waals surface area contributed by atoms with Gasteiger partial charge < -0.3 is 9.47 Å². The van der Waals surface area contributed by atoms with Crippen LogP contribution in [0.15, 0.2) is 24.4 Å². The Morgan fingerprint density at radius 2 is 2.00 bits per heavy atom. The number of rotatable bonds is 6. The number of nitrogens with zero attached hydrogens (tertiary/aromatic N) is 3. The molecule has 0 aliphatic carbocycles. The Balaban J connectivity index is 2.24. The molecule has 0 bridgehead atoms. The van der Waals surface area contributed by atoms with E-state index in [1.165, 1.54) is 16.8 Å². The lowest BCUT2D eigenvalue weighted by atomic mass is 10.3. The van der Waals surface area contributed by atoms with Crippen LogP contribution in [0.25, 0.3) is 5.69 Å². The van der Waals surface area contributed by atoms with Gasteiger partial charge in [-0.25, -0.2) is 9.07 Å². The van der Waals surface area contributed by atoms with E-state index in [1.807, 2.05) is 13.8 Å². The number of hydrogen-bond donors (Lipinski definition) is 0. The maximum atomic E-state index is 13.4. The fourth-order valence-corrected chi connectivity index (χ4v) is 1.78. The quantitative estimate of drug-likeness (QED) is 0.769. The zero-order valence-corrected chi connectivity index (χ0v) is 12.0. The third-order valence-corrected chi connectivity index (χ3v) is 2.86. The SMILES string of the molecule is CCOC(OCC)c1cn(-c2ccc(Cl)c(F)c2)nn1. The van der Waals surface area contributed by atoms with E-state index in [4.69, 9.17) is 21.1 Å². The summed E-state index contributed by atoms with van der Waals surface area (Å²) >= 11 is 5.65. The van der Waals surface area contributed by atoms with Gasteiger partial charge in [0.2, 0.25) is 6.29 Å². The average molecular weight is 300 g/mol. The van der Waals surface area contributed by atoms with Crippen molar-refractivity contribution in [2.24, 2.45) is 0 Å². The van der Waals surface area contributed by atoms with Crippen molar-refractivity contribution < 1.29 is 13.9 Å². The third kappa shape index (κ3) is 3.33. The van der Waals surface area contributed by atoms with Gasteiger partial charge in [0.05, 0.1) is 16.9 Å². The molecule has 20 heavy (non-hydrogen) atoms. The Hall–Kier alpha value is -1.50. The van der Waals surface area contributed by atoms with Crippen molar-refractivity contribution in [2.75, 3.05) is 13.2 Å². The Labute approximate surface area is 121 Å². The van der Waals surface area contributed by atoms with Gasteiger partial charge in [0.25, 0.3) is 0 Å². The van der Waals surface area contributed by atoms with Crippen LogP contribution in [0, 0.1) is 5.82 Å². The molecule has 0 N–H and O–H groups in total. The smallest absolute Gasteiger partial charge is 0.204 e. The molecule has 0 aliphatic heterocycles. The van der Waals surface area contributed by atoms with E-state index >= 15 is 0 Å². The molecule has 0 aliphatic rings. The van der Waals surface area contributed by atoms with Crippen molar-refractivity contribution in [3.8, 4) is 5.69 Å². The molecule has 7 heteroatoms. The standard InChI is InChI=1S/C13H15ClFN3O2/c1-3-19-13(20-4-2)12-8-18(17-16-12)9-5-6-10(14)11(15)7-9/h5-8,13H,3-4H2,1-2H3. The molecule has 2 rings (SSSR count). The van der Waals surface area contributed by atoms with Gasteiger partial charge >= 0.3 is 0 Å². The minimum Gasteiger partial charge on any atom is -0.347 e. The second-order valence-electron chi connectivity index (χ2n) is 3.93. The van der Waals surface area contributed by atoms with E-state index in [2.05, 4.69) is 10.3 Å². The molecular formula is C13H15ClFN3O2. The lowest BCUT2D eigenvalue weighted by Gasteiger charge is -2.13. The van der Waals surface area contributed by atoms with Crippen LogP contribution < -0.4 is 0 Å². The fourth-order valence-electron chi connectivity index (χ4n) is 1.66. The van der Waals surface area contributed by atoms with Crippen molar-refractivity contribution >= 4 is 11.6 Å². The molecule has 0 amide bonds. The van der Waals surface area contributed by atoms with Crippen LogP contribution in [0.4, 0.5) is 4.39 Å². The Morgan fingerprint density at radius 1 is 1.30 bits per heavy atom. The summed E-state index contributed by atoms with van der Waals surface area (Å²) in [5.41, 5.74) is 1.06. The summed E-state index contributed by atoms with van der Waals surface area (Å²) in [6.07, 6.45) is 1.06. The summed E-state index contributed by atoms with van der Waals surface area (Å²) < 4.78 is 25.7. The molecule has 0 spiro atoms. The van der Waals surface area contributed by atoms with Gasteiger partial charge in [-0.15, -0.1) is 5.10 Å². The van der Waals surface area contributed by atoms with Gasteiger partial charge in [-0.2, -0.15) is 0 Å². The van der Waals surface area contributed by atoms with Crippen molar-refractivity contribution in [1.29, 1.82) is 0 Å². The molecule has 2 aromatic rings. The first-order valence-electron chi connectivity index (χ1n) is 6.26. The summed E-state index contributed by atoms with van der Waals surface area (Å²) in [5, 5.41) is 7.99. The average Bonchev–Trinajstić information content (AvgIpc) is 2.91. The molecule has 5 nitrogen and oxygen atoms in total. The Kier molecular flexibility index (Phi) is 5.05. The van der Waals surface area contributed by atoms with Gasteiger partial charge in [-0.3, -0.25) is 0 Å². The van der Waals surface area contributed by atoms with E-state index in [9.17, 15) is 4.39 Å². The maximum absolute atomic E-state index is 13.4. The zero-order chi connectivity index (χ0) is 14.5. The molecular weight excluding hydrogens is 285 g/mol. The number of ether oxygens (including phenoxy) is 2. The molecule has 0 saturated heterocycles. The van der Waals surface area contributed by atoms with Crippen LogP contribution in [0.1, 0.15) is 25.8 Å². The predicted molar refractivity (Wildman–Crippen MR) is 72.3 cm³/mol. The number of hydrogen-bond acceptors (Lipinski definition) is 4. The largest absolute Gasteiger partial charge is 0.347 e. The van der Waals surface area contributed by atoms with Crippen LogP contribution >= 0.6 is 11.6 Å². The lowest BCUT2D eigenvalue weighted by Crippen LogP contribution is -2.09. The summed E-state index contributed by atoms with van der Waals surface area (Å²) in [6.45, 7) is 4.72. The lowest BCUT2D eigenvalue weighted by molar-refractivity contribution is -0.142. The van der Waals surface area contributed by atoms with Gasteiger partial charge in [0.1, 0.15) is 11.5 Å². The summed E-state index contributed by atoms with van der Waals surface area (Å²) in [6, 6.07) is 4.41. The van der Waals surface area contributed by atoms with Gasteiger partial charge in [0, 0.05) is 19.3 Å². The third-order valence-electron chi connectivity index (χ3n) is 2.56. The van der Waals surface area contributed by atoms with E-state index < -0.39 is 12.1 Å². The summed E-state index contributed by atoms with van der Waals surface area (Å²) in [4.78, 5) is 0. The number of halogens is 2. The van der Waals surface area contributed by atoms with Crippen molar-refractivity contribution in [2.45, 2.75) is 20.1 Å². The normalized spacial score (nSPS) is 11.2. The van der Waals surface area contributed by atoms with Crippen LogP contribution in [0.5, 0.6) is 0 Å². The Morgan fingerprint density at radius 3 is 2.60 bits per heavy atom. The van der Waals surface area contributed by atoms with Crippen molar-refractivity contribution in [3.05, 3.63) is 40.9 Å². The minimum absolute atomic E-state index is 0.0654. The summed E-state index contributed by atoms with van der Waals surface area (Å²) in [7, 11) is 0. The van der Waals surface area contributed by atoms with Gasteiger partial charge in [-0.1, -0.05) is 16.8 Å². The maximum Gasteiger partial charge on any atom is 0.204 e. The van der Waals surface area contributed by atoms with Crippen molar-refractivity contribution in [3.63, 3.8) is 0 Å². The minimum atomic E-state index is -0.573. The first-order chi connectivity index (χ1) is 9.65. The first-order valence-corrected chi connectivity index (χ1v) is 6.64. The second kappa shape index (κ2) is 6.78. The molecule has 0 unspecified atom stereocenters. The molecule has 1 aromatic heterocycles. The van der Waals surface area contributed by atoms with E-state index in [0.29, 0.717) is 24.6 Å². The molecule has 0 atom stereocenters. The number of aromatic nitrogens is 3. The topological polar surface area (TPSA) is 49.2 Å². The summed E-state index contributed by atoms with van der Waals surface area (Å²) in [5.74, 6) is -0.507.